The highest BCUT2D eigenvalue weighted by atomic mass is 32.2. The minimum atomic E-state index is -0.447. The molecule has 0 saturated heterocycles. The van der Waals surface area contributed by atoms with Crippen molar-refractivity contribution in [1.29, 1.82) is 0 Å². The summed E-state index contributed by atoms with van der Waals surface area (Å²) in [4.78, 5) is 21.9. The summed E-state index contributed by atoms with van der Waals surface area (Å²) in [6, 6.07) is 0. The molecule has 0 fully saturated rings. The van der Waals surface area contributed by atoms with Crippen molar-refractivity contribution in [3.63, 3.8) is 0 Å². The molecule has 15 heavy (non-hydrogen) atoms. The Kier molecular flexibility index (Phi) is 5.72. The van der Waals surface area contributed by atoms with Crippen molar-refractivity contribution in [2.45, 2.75) is 45.0 Å². The first-order valence-corrected chi connectivity index (χ1v) is 5.90. The SMILES string of the molecule is C[C@H](SCCC(=O)OC(C)(C)C)C(N)=O. The maximum Gasteiger partial charge on any atom is 0.307 e. The van der Waals surface area contributed by atoms with Gasteiger partial charge in [-0.2, -0.15) is 0 Å². The lowest BCUT2D eigenvalue weighted by Crippen LogP contribution is -2.25. The van der Waals surface area contributed by atoms with Crippen LogP contribution in [0.4, 0.5) is 0 Å². The summed E-state index contributed by atoms with van der Waals surface area (Å²) < 4.78 is 5.11. The Labute approximate surface area is 94.9 Å². The van der Waals surface area contributed by atoms with E-state index in [1.54, 1.807) is 6.92 Å². The van der Waals surface area contributed by atoms with E-state index in [0.717, 1.165) is 0 Å². The first kappa shape index (κ1) is 14.3. The molecule has 88 valence electrons. The van der Waals surface area contributed by atoms with Gasteiger partial charge in [-0.05, 0) is 27.7 Å². The molecule has 0 aliphatic carbocycles. The second kappa shape index (κ2) is 6.00. The smallest absolute Gasteiger partial charge is 0.307 e. The molecule has 0 aromatic heterocycles. The predicted molar refractivity (Wildman–Crippen MR) is 61.6 cm³/mol. The Hall–Kier alpha value is -0.710. The highest BCUT2D eigenvalue weighted by molar-refractivity contribution is 8.00. The summed E-state index contributed by atoms with van der Waals surface area (Å²) in [7, 11) is 0. The van der Waals surface area contributed by atoms with E-state index >= 15 is 0 Å². The van der Waals surface area contributed by atoms with Gasteiger partial charge in [0.25, 0.3) is 0 Å². The molecule has 0 saturated carbocycles. The van der Waals surface area contributed by atoms with Crippen molar-refractivity contribution in [1.82, 2.24) is 0 Å². The highest BCUT2D eigenvalue weighted by Crippen LogP contribution is 2.13. The van der Waals surface area contributed by atoms with Crippen LogP contribution in [0.5, 0.6) is 0 Å². The molecule has 0 heterocycles. The van der Waals surface area contributed by atoms with Crippen LogP contribution in [-0.2, 0) is 14.3 Å². The van der Waals surface area contributed by atoms with E-state index in [0.29, 0.717) is 12.2 Å². The van der Waals surface area contributed by atoms with E-state index in [9.17, 15) is 9.59 Å². The van der Waals surface area contributed by atoms with Gasteiger partial charge in [-0.15, -0.1) is 11.8 Å². The molecule has 2 N–H and O–H groups in total. The topological polar surface area (TPSA) is 69.4 Å². The van der Waals surface area contributed by atoms with E-state index in [-0.39, 0.29) is 17.1 Å². The predicted octanol–water partition coefficient (Wildman–Crippen LogP) is 1.33. The van der Waals surface area contributed by atoms with Crippen LogP contribution in [0, 0.1) is 0 Å². The van der Waals surface area contributed by atoms with E-state index in [4.69, 9.17) is 10.5 Å². The molecule has 0 aliphatic rings. The lowest BCUT2D eigenvalue weighted by molar-refractivity contribution is -0.154. The fourth-order valence-corrected chi connectivity index (χ4v) is 1.60. The zero-order chi connectivity index (χ0) is 12.1. The summed E-state index contributed by atoms with van der Waals surface area (Å²) in [6.45, 7) is 7.19. The Balaban J connectivity index is 3.69. The van der Waals surface area contributed by atoms with Gasteiger partial charge in [0.15, 0.2) is 0 Å². The van der Waals surface area contributed by atoms with Gasteiger partial charge in [0, 0.05) is 5.75 Å². The van der Waals surface area contributed by atoms with E-state index in [2.05, 4.69) is 0 Å². The number of thioether (sulfide) groups is 1. The third-order valence-corrected chi connectivity index (χ3v) is 2.67. The monoisotopic (exact) mass is 233 g/mol. The van der Waals surface area contributed by atoms with Crippen molar-refractivity contribution in [2.75, 3.05) is 5.75 Å². The number of esters is 1. The van der Waals surface area contributed by atoms with Crippen LogP contribution in [-0.4, -0.2) is 28.5 Å². The molecule has 4 nitrogen and oxygen atoms in total. The number of carbonyl (C=O) groups excluding carboxylic acids is 2. The normalized spacial score (nSPS) is 13.3. The van der Waals surface area contributed by atoms with Gasteiger partial charge in [-0.25, -0.2) is 0 Å². The van der Waals surface area contributed by atoms with Crippen molar-refractivity contribution >= 4 is 23.6 Å². The number of ether oxygens (including phenoxy) is 1. The first-order valence-electron chi connectivity index (χ1n) is 4.85. The number of nitrogens with two attached hydrogens (primary N) is 1. The summed E-state index contributed by atoms with van der Waals surface area (Å²) in [5, 5.41) is -0.257. The molecule has 0 rings (SSSR count). The van der Waals surface area contributed by atoms with Crippen LogP contribution in [0.3, 0.4) is 0 Å². The summed E-state index contributed by atoms with van der Waals surface area (Å²) >= 11 is 1.36. The number of amides is 1. The van der Waals surface area contributed by atoms with Crippen LogP contribution in [0.25, 0.3) is 0 Å². The van der Waals surface area contributed by atoms with Crippen molar-refractivity contribution in [2.24, 2.45) is 5.73 Å². The standard InChI is InChI=1S/C10H19NO3S/c1-7(9(11)13)15-6-5-8(12)14-10(2,3)4/h7H,5-6H2,1-4H3,(H2,11,13)/t7-/m0/s1. The molecule has 0 unspecified atom stereocenters. The van der Waals surface area contributed by atoms with Gasteiger partial charge < -0.3 is 10.5 Å². The zero-order valence-corrected chi connectivity index (χ0v) is 10.5. The second-order valence-electron chi connectivity index (χ2n) is 4.25. The number of hydrogen-bond donors (Lipinski definition) is 1. The Morgan fingerprint density at radius 3 is 2.33 bits per heavy atom. The second-order valence-corrected chi connectivity index (χ2v) is 5.70. The Bertz CT molecular complexity index is 235. The Morgan fingerprint density at radius 2 is 1.93 bits per heavy atom. The minimum absolute atomic E-state index is 0.244. The minimum Gasteiger partial charge on any atom is -0.460 e. The molecule has 0 aromatic rings. The van der Waals surface area contributed by atoms with Crippen LogP contribution in [0.1, 0.15) is 34.1 Å². The van der Waals surface area contributed by atoms with Crippen molar-refractivity contribution in [3.8, 4) is 0 Å². The van der Waals surface area contributed by atoms with Gasteiger partial charge in [-0.3, -0.25) is 9.59 Å². The van der Waals surface area contributed by atoms with E-state index in [1.807, 2.05) is 20.8 Å². The lowest BCUT2D eigenvalue weighted by Gasteiger charge is -2.19. The van der Waals surface area contributed by atoms with Gasteiger partial charge in [0.2, 0.25) is 5.91 Å². The number of rotatable bonds is 5. The fraction of sp³-hybridized carbons (Fsp3) is 0.800. The number of carbonyl (C=O) groups is 2. The molecule has 0 radical (unpaired) electrons. The average Bonchev–Trinajstić information content (AvgIpc) is 2.00. The average molecular weight is 233 g/mol. The summed E-state index contributed by atoms with van der Waals surface area (Å²) in [5.41, 5.74) is 4.63. The molecule has 1 atom stereocenters. The molecule has 0 aromatic carbocycles. The quantitative estimate of drug-likeness (QED) is 0.727. The van der Waals surface area contributed by atoms with Gasteiger partial charge in [-0.1, -0.05) is 0 Å². The molecular formula is C10H19NO3S. The third kappa shape index (κ3) is 8.30. The molecule has 0 aliphatic heterocycles. The molecular weight excluding hydrogens is 214 g/mol. The molecule has 1 amide bonds. The van der Waals surface area contributed by atoms with Gasteiger partial charge in [0.1, 0.15) is 5.60 Å². The molecule has 5 heteroatoms. The van der Waals surface area contributed by atoms with Crippen molar-refractivity contribution in [3.05, 3.63) is 0 Å². The molecule has 0 spiro atoms. The first-order chi connectivity index (χ1) is 6.72. The largest absolute Gasteiger partial charge is 0.460 e. The van der Waals surface area contributed by atoms with E-state index < -0.39 is 5.60 Å². The van der Waals surface area contributed by atoms with Crippen LogP contribution >= 0.6 is 11.8 Å². The zero-order valence-electron chi connectivity index (χ0n) is 9.70. The van der Waals surface area contributed by atoms with Crippen LogP contribution in [0.2, 0.25) is 0 Å². The number of primary amides is 1. The van der Waals surface area contributed by atoms with E-state index in [1.165, 1.54) is 11.8 Å². The highest BCUT2D eigenvalue weighted by Gasteiger charge is 2.16. The van der Waals surface area contributed by atoms with Gasteiger partial charge in [0.05, 0.1) is 11.7 Å². The van der Waals surface area contributed by atoms with Gasteiger partial charge >= 0.3 is 5.97 Å². The third-order valence-electron chi connectivity index (χ3n) is 1.49. The molecule has 0 bridgehead atoms. The van der Waals surface area contributed by atoms with Crippen LogP contribution < -0.4 is 5.73 Å². The summed E-state index contributed by atoms with van der Waals surface area (Å²) in [6.07, 6.45) is 0.305. The lowest BCUT2D eigenvalue weighted by atomic mass is 10.2. The maximum atomic E-state index is 11.3. The number of hydrogen-bond acceptors (Lipinski definition) is 4. The maximum absolute atomic E-state index is 11.3. The van der Waals surface area contributed by atoms with Crippen LogP contribution in [0.15, 0.2) is 0 Å². The fourth-order valence-electron chi connectivity index (χ4n) is 0.794. The summed E-state index contributed by atoms with van der Waals surface area (Å²) in [5.74, 6) is -0.0465. The Morgan fingerprint density at radius 1 is 1.40 bits per heavy atom. The van der Waals surface area contributed by atoms with Crippen molar-refractivity contribution < 1.29 is 14.3 Å².